The third-order valence-corrected chi connectivity index (χ3v) is 5.42. The van der Waals surface area contributed by atoms with Gasteiger partial charge in [-0.3, -0.25) is 4.79 Å². The lowest BCUT2D eigenvalue weighted by atomic mass is 9.79. The van der Waals surface area contributed by atoms with Crippen molar-refractivity contribution in [3.05, 3.63) is 35.5 Å². The molecule has 2 aromatic rings. The second-order valence-electron chi connectivity index (χ2n) is 8.69. The van der Waals surface area contributed by atoms with E-state index in [1.54, 1.807) is 6.92 Å². The van der Waals surface area contributed by atoms with Crippen molar-refractivity contribution in [2.75, 3.05) is 19.7 Å². The first-order chi connectivity index (χ1) is 13.7. The zero-order chi connectivity index (χ0) is 21.2. The molecule has 1 aromatic heterocycles. The van der Waals surface area contributed by atoms with Crippen LogP contribution in [0.2, 0.25) is 0 Å². The summed E-state index contributed by atoms with van der Waals surface area (Å²) in [6, 6.07) is 7.75. The van der Waals surface area contributed by atoms with E-state index in [4.69, 9.17) is 9.47 Å². The quantitative estimate of drug-likeness (QED) is 0.774. The van der Waals surface area contributed by atoms with Crippen molar-refractivity contribution in [2.45, 2.75) is 52.1 Å². The number of carbonyl (C=O) groups is 2. The van der Waals surface area contributed by atoms with E-state index in [9.17, 15) is 9.59 Å². The molecule has 0 spiro atoms. The van der Waals surface area contributed by atoms with Crippen LogP contribution in [0.25, 0.3) is 10.9 Å². The van der Waals surface area contributed by atoms with Gasteiger partial charge >= 0.3 is 11.9 Å². The molecule has 158 valence electrons. The fourth-order valence-electron chi connectivity index (χ4n) is 4.22. The summed E-state index contributed by atoms with van der Waals surface area (Å²) >= 11 is 0. The number of ether oxygens (including phenoxy) is 2. The monoisotopic (exact) mass is 400 g/mol. The first-order valence-electron chi connectivity index (χ1n) is 10.4. The molecule has 1 fully saturated rings. The molecule has 0 saturated carbocycles. The van der Waals surface area contributed by atoms with Crippen LogP contribution in [-0.4, -0.2) is 41.8 Å². The molecule has 29 heavy (non-hydrogen) atoms. The van der Waals surface area contributed by atoms with Gasteiger partial charge in [-0.2, -0.15) is 0 Å². The number of carbonyl (C=O) groups excluding carboxylic acids is 2. The van der Waals surface area contributed by atoms with Crippen LogP contribution in [0, 0.1) is 5.92 Å². The number of hydrogen-bond donors (Lipinski definition) is 1. The Morgan fingerprint density at radius 1 is 1.24 bits per heavy atom. The Kier molecular flexibility index (Phi) is 6.32. The Morgan fingerprint density at radius 2 is 1.93 bits per heavy atom. The number of aryl methyl sites for hydroxylation is 1. The summed E-state index contributed by atoms with van der Waals surface area (Å²) in [5, 5.41) is 4.30. The standard InChI is InChI=1S/C23H32N2O4/c1-6-28-21(26)18-14-16-8-7-9-17(20(16)25(18)5)19(15-10-12-24-13-11-15)22(27)29-23(2,3)4/h7-9,14-15,19,24H,6,10-13H2,1-5H3. The lowest BCUT2D eigenvalue weighted by Crippen LogP contribution is -2.36. The van der Waals surface area contributed by atoms with Crippen LogP contribution in [0.3, 0.4) is 0 Å². The zero-order valence-corrected chi connectivity index (χ0v) is 18.1. The summed E-state index contributed by atoms with van der Waals surface area (Å²) in [6.07, 6.45) is 1.82. The maximum Gasteiger partial charge on any atom is 0.354 e. The van der Waals surface area contributed by atoms with Crippen LogP contribution in [0.4, 0.5) is 0 Å². The van der Waals surface area contributed by atoms with Crippen LogP contribution < -0.4 is 5.32 Å². The van der Waals surface area contributed by atoms with E-state index in [0.29, 0.717) is 12.3 Å². The van der Waals surface area contributed by atoms with Gasteiger partial charge in [0.05, 0.1) is 18.0 Å². The molecule has 1 N–H and O–H groups in total. The summed E-state index contributed by atoms with van der Waals surface area (Å²) in [6.45, 7) is 9.58. The number of benzene rings is 1. The highest BCUT2D eigenvalue weighted by atomic mass is 16.6. The largest absolute Gasteiger partial charge is 0.461 e. The van der Waals surface area contributed by atoms with E-state index < -0.39 is 5.60 Å². The van der Waals surface area contributed by atoms with Gasteiger partial charge in [0.1, 0.15) is 11.3 Å². The number of rotatable bonds is 5. The molecule has 1 unspecified atom stereocenters. The molecule has 2 heterocycles. The molecule has 6 nitrogen and oxygen atoms in total. The first kappa shape index (κ1) is 21.4. The highest BCUT2D eigenvalue weighted by Gasteiger charge is 2.36. The van der Waals surface area contributed by atoms with Gasteiger partial charge in [0, 0.05) is 12.4 Å². The Balaban J connectivity index is 2.11. The van der Waals surface area contributed by atoms with Crippen molar-refractivity contribution in [3.8, 4) is 0 Å². The number of hydrogen-bond acceptors (Lipinski definition) is 5. The summed E-state index contributed by atoms with van der Waals surface area (Å²) in [4.78, 5) is 25.7. The predicted molar refractivity (Wildman–Crippen MR) is 113 cm³/mol. The van der Waals surface area contributed by atoms with Crippen LogP contribution in [0.5, 0.6) is 0 Å². The second-order valence-corrected chi connectivity index (χ2v) is 8.69. The van der Waals surface area contributed by atoms with E-state index in [1.807, 2.05) is 56.7 Å². The molecule has 0 bridgehead atoms. The fourth-order valence-corrected chi connectivity index (χ4v) is 4.22. The van der Waals surface area contributed by atoms with Crippen LogP contribution in [0.1, 0.15) is 62.5 Å². The normalized spacial score (nSPS) is 16.6. The van der Waals surface area contributed by atoms with Gasteiger partial charge in [-0.15, -0.1) is 0 Å². The maximum absolute atomic E-state index is 13.3. The smallest absolute Gasteiger partial charge is 0.354 e. The number of piperidine rings is 1. The predicted octanol–water partition coefficient (Wildman–Crippen LogP) is 3.78. The number of esters is 2. The van der Waals surface area contributed by atoms with E-state index in [-0.39, 0.29) is 23.8 Å². The van der Waals surface area contributed by atoms with E-state index in [0.717, 1.165) is 42.4 Å². The van der Waals surface area contributed by atoms with Crippen molar-refractivity contribution in [2.24, 2.45) is 13.0 Å². The molecule has 1 aliphatic heterocycles. The fraction of sp³-hybridized carbons (Fsp3) is 0.565. The number of nitrogens with one attached hydrogen (secondary N) is 1. The Morgan fingerprint density at radius 3 is 2.55 bits per heavy atom. The molecule has 0 radical (unpaired) electrons. The van der Waals surface area contributed by atoms with E-state index >= 15 is 0 Å². The van der Waals surface area contributed by atoms with Crippen molar-refractivity contribution in [1.29, 1.82) is 0 Å². The average Bonchev–Trinajstić information content (AvgIpc) is 2.99. The van der Waals surface area contributed by atoms with Gasteiger partial charge in [0.2, 0.25) is 0 Å². The Labute approximate surface area is 172 Å². The Hall–Kier alpha value is -2.34. The minimum absolute atomic E-state index is 0.192. The minimum Gasteiger partial charge on any atom is -0.461 e. The summed E-state index contributed by atoms with van der Waals surface area (Å²) < 4.78 is 12.9. The molecule has 3 rings (SSSR count). The van der Waals surface area contributed by atoms with E-state index in [2.05, 4.69) is 5.32 Å². The summed E-state index contributed by atoms with van der Waals surface area (Å²) in [5.41, 5.74) is 1.75. The summed E-state index contributed by atoms with van der Waals surface area (Å²) in [5.74, 6) is -0.732. The number of nitrogens with zero attached hydrogens (tertiary/aromatic N) is 1. The van der Waals surface area contributed by atoms with Crippen molar-refractivity contribution in [1.82, 2.24) is 9.88 Å². The van der Waals surface area contributed by atoms with Gasteiger partial charge in [-0.25, -0.2) is 4.79 Å². The third kappa shape index (κ3) is 4.64. The maximum atomic E-state index is 13.3. The van der Waals surface area contributed by atoms with Gasteiger partial charge in [-0.1, -0.05) is 18.2 Å². The topological polar surface area (TPSA) is 69.6 Å². The molecular weight excluding hydrogens is 368 g/mol. The molecule has 1 aliphatic rings. The first-order valence-corrected chi connectivity index (χ1v) is 10.4. The number of para-hydroxylation sites is 1. The average molecular weight is 401 g/mol. The minimum atomic E-state index is -0.555. The summed E-state index contributed by atoms with van der Waals surface area (Å²) in [7, 11) is 1.85. The zero-order valence-electron chi connectivity index (χ0n) is 18.1. The number of fused-ring (bicyclic) bond motifs is 1. The van der Waals surface area contributed by atoms with Crippen molar-refractivity contribution < 1.29 is 19.1 Å². The SMILES string of the molecule is CCOC(=O)c1cc2cccc(C(C(=O)OC(C)(C)C)C3CCNCC3)c2n1C. The molecular formula is C23H32N2O4. The van der Waals surface area contributed by atoms with Gasteiger partial charge in [0.25, 0.3) is 0 Å². The lowest BCUT2D eigenvalue weighted by molar-refractivity contribution is -0.158. The highest BCUT2D eigenvalue weighted by Crippen LogP contribution is 2.38. The van der Waals surface area contributed by atoms with Crippen molar-refractivity contribution in [3.63, 3.8) is 0 Å². The molecule has 1 aromatic carbocycles. The van der Waals surface area contributed by atoms with Gasteiger partial charge in [0.15, 0.2) is 0 Å². The highest BCUT2D eigenvalue weighted by molar-refractivity contribution is 5.98. The third-order valence-electron chi connectivity index (χ3n) is 5.42. The lowest BCUT2D eigenvalue weighted by Gasteiger charge is -2.32. The van der Waals surface area contributed by atoms with Gasteiger partial charge < -0.3 is 19.4 Å². The van der Waals surface area contributed by atoms with Crippen molar-refractivity contribution >= 4 is 22.8 Å². The van der Waals surface area contributed by atoms with Crippen LogP contribution in [-0.2, 0) is 21.3 Å². The molecule has 0 amide bonds. The molecule has 0 aliphatic carbocycles. The van der Waals surface area contributed by atoms with Crippen LogP contribution >= 0.6 is 0 Å². The Bertz CT molecular complexity index is 888. The molecule has 1 atom stereocenters. The second kappa shape index (κ2) is 8.57. The molecule has 1 saturated heterocycles. The van der Waals surface area contributed by atoms with Gasteiger partial charge in [-0.05, 0) is 71.2 Å². The van der Waals surface area contributed by atoms with Crippen LogP contribution in [0.15, 0.2) is 24.3 Å². The number of aromatic nitrogens is 1. The molecule has 6 heteroatoms. The van der Waals surface area contributed by atoms with E-state index in [1.165, 1.54) is 0 Å².